The highest BCUT2D eigenvalue weighted by atomic mass is 35.5. The molecule has 1 amide bonds. The van der Waals surface area contributed by atoms with Crippen molar-refractivity contribution in [1.29, 1.82) is 0 Å². The molecule has 0 unspecified atom stereocenters. The van der Waals surface area contributed by atoms with Crippen LogP contribution in [-0.2, 0) is 13.0 Å². The number of nitrogens with one attached hydrogen (secondary N) is 1. The minimum Gasteiger partial charge on any atom is -0.352 e. The molecule has 2 heterocycles. The van der Waals surface area contributed by atoms with Crippen LogP contribution >= 0.6 is 11.6 Å². The summed E-state index contributed by atoms with van der Waals surface area (Å²) in [6.07, 6.45) is 2.65. The Hall–Kier alpha value is -2.85. The van der Waals surface area contributed by atoms with Crippen LogP contribution in [-0.4, -0.2) is 17.4 Å². The van der Waals surface area contributed by atoms with Gasteiger partial charge in [-0.25, -0.2) is 4.98 Å². The number of aryl methyl sites for hydroxylation is 1. The van der Waals surface area contributed by atoms with Crippen LogP contribution in [0.1, 0.15) is 27.0 Å². The number of nitrogens with zero attached hydrogens (tertiary/aromatic N) is 2. The summed E-state index contributed by atoms with van der Waals surface area (Å²) >= 11 is 5.97. The second-order valence-corrected chi connectivity index (χ2v) is 7.20. The van der Waals surface area contributed by atoms with Crippen LogP contribution < -0.4 is 10.2 Å². The fourth-order valence-electron chi connectivity index (χ4n) is 3.36. The number of rotatable bonds is 3. The summed E-state index contributed by atoms with van der Waals surface area (Å²) in [6, 6.07) is 17.6. The average Bonchev–Trinajstić information content (AvgIpc) is 2.70. The summed E-state index contributed by atoms with van der Waals surface area (Å²) in [4.78, 5) is 19.3. The average molecular weight is 378 g/mol. The molecule has 0 radical (unpaired) electrons. The molecule has 0 fully saturated rings. The smallest absolute Gasteiger partial charge is 0.257 e. The second kappa shape index (κ2) is 7.41. The molecule has 1 N–H and O–H groups in total. The van der Waals surface area contributed by atoms with Gasteiger partial charge in [0.2, 0.25) is 0 Å². The molecule has 0 aliphatic carbocycles. The van der Waals surface area contributed by atoms with Crippen molar-refractivity contribution in [3.63, 3.8) is 0 Å². The monoisotopic (exact) mass is 377 g/mol. The Labute approximate surface area is 163 Å². The number of carbonyl (C=O) groups is 1. The predicted molar refractivity (Wildman–Crippen MR) is 110 cm³/mol. The number of benzene rings is 2. The summed E-state index contributed by atoms with van der Waals surface area (Å²) in [5, 5.41) is 3.57. The van der Waals surface area contributed by atoms with E-state index in [0.717, 1.165) is 36.6 Å². The number of hydrogen-bond donors (Lipinski definition) is 1. The van der Waals surface area contributed by atoms with E-state index in [9.17, 15) is 4.79 Å². The third-order valence-corrected chi connectivity index (χ3v) is 5.14. The molecule has 1 aromatic heterocycles. The molecule has 0 saturated heterocycles. The largest absolute Gasteiger partial charge is 0.352 e. The molecule has 4 nitrogen and oxygen atoms in total. The van der Waals surface area contributed by atoms with Crippen LogP contribution in [0.25, 0.3) is 0 Å². The van der Waals surface area contributed by atoms with Crippen molar-refractivity contribution < 1.29 is 4.79 Å². The van der Waals surface area contributed by atoms with E-state index in [1.165, 1.54) is 11.1 Å². The lowest BCUT2D eigenvalue weighted by atomic mass is 10.00. The van der Waals surface area contributed by atoms with E-state index in [-0.39, 0.29) is 5.91 Å². The zero-order valence-electron chi connectivity index (χ0n) is 15.1. The van der Waals surface area contributed by atoms with Crippen molar-refractivity contribution in [2.24, 2.45) is 0 Å². The van der Waals surface area contributed by atoms with Gasteiger partial charge in [0, 0.05) is 30.0 Å². The highest BCUT2D eigenvalue weighted by molar-refractivity contribution is 6.30. The predicted octanol–water partition coefficient (Wildman–Crippen LogP) is 4.86. The first-order valence-electron chi connectivity index (χ1n) is 8.95. The fourth-order valence-corrected chi connectivity index (χ4v) is 3.59. The maximum Gasteiger partial charge on any atom is 0.257 e. The van der Waals surface area contributed by atoms with E-state index < -0.39 is 0 Å². The number of fused-ring (bicyclic) bond motifs is 1. The quantitative estimate of drug-likeness (QED) is 0.709. The molecule has 0 atom stereocenters. The van der Waals surface area contributed by atoms with Gasteiger partial charge < -0.3 is 10.2 Å². The van der Waals surface area contributed by atoms with Gasteiger partial charge in [-0.05, 0) is 60.4 Å². The minimum absolute atomic E-state index is 0.177. The SMILES string of the molecule is Cc1cc(Cl)ccc1NC(=O)c1ccc(N2CCc3ccccc3C2)nc1. The summed E-state index contributed by atoms with van der Waals surface area (Å²) in [5.74, 6) is 0.715. The molecule has 5 heteroatoms. The van der Waals surface area contributed by atoms with Crippen molar-refractivity contribution in [1.82, 2.24) is 4.98 Å². The van der Waals surface area contributed by atoms with Crippen molar-refractivity contribution in [3.8, 4) is 0 Å². The van der Waals surface area contributed by atoms with E-state index in [1.54, 1.807) is 12.3 Å². The zero-order chi connectivity index (χ0) is 18.8. The van der Waals surface area contributed by atoms with Crippen molar-refractivity contribution in [2.45, 2.75) is 19.9 Å². The Kier molecular flexibility index (Phi) is 4.82. The van der Waals surface area contributed by atoms with Gasteiger partial charge in [0.15, 0.2) is 0 Å². The van der Waals surface area contributed by atoms with Gasteiger partial charge in [-0.1, -0.05) is 35.9 Å². The number of anilines is 2. The maximum atomic E-state index is 12.5. The summed E-state index contributed by atoms with van der Waals surface area (Å²) in [5.41, 5.74) is 4.95. The lowest BCUT2D eigenvalue weighted by molar-refractivity contribution is 0.102. The molecular weight excluding hydrogens is 358 g/mol. The first-order valence-corrected chi connectivity index (χ1v) is 9.33. The van der Waals surface area contributed by atoms with Crippen LogP contribution in [0.15, 0.2) is 60.8 Å². The molecule has 2 aromatic carbocycles. The number of aromatic nitrogens is 1. The normalized spacial score (nSPS) is 13.2. The van der Waals surface area contributed by atoms with Crippen LogP contribution in [0.5, 0.6) is 0 Å². The third kappa shape index (κ3) is 3.81. The number of pyridine rings is 1. The topological polar surface area (TPSA) is 45.2 Å². The molecule has 0 saturated carbocycles. The van der Waals surface area contributed by atoms with E-state index in [4.69, 9.17) is 11.6 Å². The molecule has 0 bridgehead atoms. The van der Waals surface area contributed by atoms with Crippen LogP contribution in [0.3, 0.4) is 0 Å². The molecule has 4 rings (SSSR count). The lowest BCUT2D eigenvalue weighted by Crippen LogP contribution is -2.31. The maximum absolute atomic E-state index is 12.5. The van der Waals surface area contributed by atoms with E-state index in [0.29, 0.717) is 10.6 Å². The Morgan fingerprint density at radius 1 is 1.11 bits per heavy atom. The summed E-state index contributed by atoms with van der Waals surface area (Å²) < 4.78 is 0. The van der Waals surface area contributed by atoms with Crippen LogP contribution in [0, 0.1) is 6.92 Å². The summed E-state index contributed by atoms with van der Waals surface area (Å²) in [6.45, 7) is 3.69. The van der Waals surface area contributed by atoms with Crippen LogP contribution in [0.2, 0.25) is 5.02 Å². The minimum atomic E-state index is -0.177. The molecule has 0 spiro atoms. The molecule has 1 aliphatic rings. The van der Waals surface area contributed by atoms with Crippen molar-refractivity contribution >= 4 is 29.0 Å². The standard InChI is InChI=1S/C22H20ClN3O/c1-15-12-19(23)7-8-20(15)25-22(27)17-6-9-21(24-13-17)26-11-10-16-4-2-3-5-18(16)14-26/h2-9,12-13H,10-11,14H2,1H3,(H,25,27). The first kappa shape index (κ1) is 17.6. The number of hydrogen-bond acceptors (Lipinski definition) is 3. The Morgan fingerprint density at radius 3 is 2.67 bits per heavy atom. The Balaban J connectivity index is 1.47. The van der Waals surface area contributed by atoms with Gasteiger partial charge in [-0.2, -0.15) is 0 Å². The van der Waals surface area contributed by atoms with Gasteiger partial charge in [0.05, 0.1) is 5.56 Å². The fraction of sp³-hybridized carbons (Fsp3) is 0.182. The van der Waals surface area contributed by atoms with Crippen molar-refractivity contribution in [3.05, 3.63) is 88.1 Å². The molecule has 1 aliphatic heterocycles. The number of amides is 1. The lowest BCUT2D eigenvalue weighted by Gasteiger charge is -2.29. The first-order chi connectivity index (χ1) is 13.1. The molecular formula is C22H20ClN3O. The van der Waals surface area contributed by atoms with Gasteiger partial charge in [-0.3, -0.25) is 4.79 Å². The zero-order valence-corrected chi connectivity index (χ0v) is 15.8. The highest BCUT2D eigenvalue weighted by Gasteiger charge is 2.17. The Bertz CT molecular complexity index is 985. The Morgan fingerprint density at radius 2 is 1.93 bits per heavy atom. The summed E-state index contributed by atoms with van der Waals surface area (Å²) in [7, 11) is 0. The molecule has 136 valence electrons. The van der Waals surface area contributed by atoms with E-state index in [1.807, 2.05) is 31.2 Å². The second-order valence-electron chi connectivity index (χ2n) is 6.76. The highest BCUT2D eigenvalue weighted by Crippen LogP contribution is 2.24. The van der Waals surface area contributed by atoms with E-state index in [2.05, 4.69) is 39.5 Å². The van der Waals surface area contributed by atoms with Gasteiger partial charge in [0.1, 0.15) is 5.82 Å². The van der Waals surface area contributed by atoms with Crippen LogP contribution in [0.4, 0.5) is 11.5 Å². The van der Waals surface area contributed by atoms with Crippen molar-refractivity contribution in [2.75, 3.05) is 16.8 Å². The number of carbonyl (C=O) groups excluding carboxylic acids is 1. The molecule has 3 aromatic rings. The van der Waals surface area contributed by atoms with Gasteiger partial charge >= 0.3 is 0 Å². The number of halogens is 1. The third-order valence-electron chi connectivity index (χ3n) is 4.90. The van der Waals surface area contributed by atoms with E-state index >= 15 is 0 Å². The molecule has 27 heavy (non-hydrogen) atoms. The van der Waals surface area contributed by atoms with Gasteiger partial charge in [0.25, 0.3) is 5.91 Å². The van der Waals surface area contributed by atoms with Gasteiger partial charge in [-0.15, -0.1) is 0 Å².